The summed E-state index contributed by atoms with van der Waals surface area (Å²) in [7, 11) is 0. The largest absolute Gasteiger partial charge is 0.573 e. The lowest BCUT2D eigenvalue weighted by molar-refractivity contribution is -0.274. The number of hydrogen-bond acceptors (Lipinski definition) is 3. The summed E-state index contributed by atoms with van der Waals surface area (Å²) in [6.45, 7) is 2.19. The van der Waals surface area contributed by atoms with E-state index in [1.54, 1.807) is 23.2 Å². The first kappa shape index (κ1) is 20.4. The third-order valence-corrected chi connectivity index (χ3v) is 4.70. The Bertz CT molecular complexity index is 1280. The van der Waals surface area contributed by atoms with Crippen molar-refractivity contribution in [3.8, 4) is 23.5 Å². The Kier molecular flexibility index (Phi) is 5.30. The van der Waals surface area contributed by atoms with E-state index in [9.17, 15) is 18.3 Å². The predicted molar refractivity (Wildman–Crippen MR) is 111 cm³/mol. The van der Waals surface area contributed by atoms with Crippen LogP contribution < -0.4 is 4.74 Å². The lowest BCUT2D eigenvalue weighted by Gasteiger charge is -2.10. The van der Waals surface area contributed by atoms with Gasteiger partial charge in [-0.3, -0.25) is 4.98 Å². The first-order chi connectivity index (χ1) is 14.8. The Morgan fingerprint density at radius 3 is 2.35 bits per heavy atom. The van der Waals surface area contributed by atoms with E-state index in [2.05, 4.69) is 21.6 Å². The summed E-state index contributed by atoms with van der Waals surface area (Å²) in [5, 5.41) is 12.2. The fraction of sp³-hybridized carbons (Fsp3) is 0.125. The molecule has 4 nitrogen and oxygen atoms in total. The van der Waals surface area contributed by atoms with Gasteiger partial charge in [-0.15, -0.1) is 13.2 Å². The van der Waals surface area contributed by atoms with Gasteiger partial charge in [0.25, 0.3) is 0 Å². The number of halogens is 3. The summed E-state index contributed by atoms with van der Waals surface area (Å²) in [6, 6.07) is 13.0. The zero-order valence-corrected chi connectivity index (χ0v) is 16.4. The van der Waals surface area contributed by atoms with Gasteiger partial charge < -0.3 is 14.4 Å². The van der Waals surface area contributed by atoms with E-state index in [4.69, 9.17) is 0 Å². The first-order valence-electron chi connectivity index (χ1n) is 9.38. The minimum atomic E-state index is -4.73. The van der Waals surface area contributed by atoms with E-state index in [0.717, 1.165) is 27.6 Å². The molecule has 7 heteroatoms. The predicted octanol–water partition coefficient (Wildman–Crippen LogP) is 5.40. The SMILES string of the molecule is Cc1cc(C#Cc2ccncc2)cc2cn(Cc3ccc(OC(F)(F)F)cc3)c(O)c12. The molecule has 4 aromatic rings. The molecule has 2 aromatic carbocycles. The standard InChI is InChI=1S/C24H17F3N2O2/c1-16-12-19(3-2-17-8-10-28-11-9-17)13-20-15-29(23(30)22(16)20)14-18-4-6-21(7-5-18)31-24(25,26)27/h4-13,15,30H,14H2,1H3. The van der Waals surface area contributed by atoms with Crippen molar-refractivity contribution < 1.29 is 23.0 Å². The molecule has 0 aliphatic rings. The van der Waals surface area contributed by atoms with Crippen molar-refractivity contribution in [1.82, 2.24) is 9.55 Å². The maximum absolute atomic E-state index is 12.3. The molecule has 156 valence electrons. The fourth-order valence-electron chi connectivity index (χ4n) is 3.36. The van der Waals surface area contributed by atoms with Crippen LogP contribution in [0, 0.1) is 18.8 Å². The number of hydrogen-bond donors (Lipinski definition) is 1. The van der Waals surface area contributed by atoms with Crippen LogP contribution in [0.2, 0.25) is 0 Å². The topological polar surface area (TPSA) is 47.3 Å². The fourth-order valence-corrected chi connectivity index (χ4v) is 3.36. The quantitative estimate of drug-likeness (QED) is 0.450. The van der Waals surface area contributed by atoms with Crippen molar-refractivity contribution in [1.29, 1.82) is 0 Å². The number of pyridine rings is 1. The highest BCUT2D eigenvalue weighted by Crippen LogP contribution is 2.32. The molecule has 0 spiro atoms. The van der Waals surface area contributed by atoms with E-state index in [1.807, 2.05) is 31.2 Å². The zero-order chi connectivity index (χ0) is 22.0. The van der Waals surface area contributed by atoms with E-state index < -0.39 is 6.36 Å². The van der Waals surface area contributed by atoms with Crippen LogP contribution in [0.1, 0.15) is 22.3 Å². The Hall–Kier alpha value is -3.92. The Labute approximate surface area is 176 Å². The van der Waals surface area contributed by atoms with Crippen molar-refractivity contribution in [3.05, 3.63) is 89.4 Å². The lowest BCUT2D eigenvalue weighted by atomic mass is 10.1. The van der Waals surface area contributed by atoms with Gasteiger partial charge in [0.15, 0.2) is 5.88 Å². The molecule has 0 radical (unpaired) electrons. The van der Waals surface area contributed by atoms with Crippen molar-refractivity contribution in [2.75, 3.05) is 0 Å². The van der Waals surface area contributed by atoms with Crippen LogP contribution in [0.5, 0.6) is 11.6 Å². The highest BCUT2D eigenvalue weighted by atomic mass is 19.4. The molecule has 0 bridgehead atoms. The van der Waals surface area contributed by atoms with Gasteiger partial charge in [-0.25, -0.2) is 0 Å². The van der Waals surface area contributed by atoms with Crippen molar-refractivity contribution in [2.45, 2.75) is 19.8 Å². The van der Waals surface area contributed by atoms with Crippen LogP contribution in [0.25, 0.3) is 10.8 Å². The summed E-state index contributed by atoms with van der Waals surface area (Å²) < 4.78 is 42.5. The molecule has 31 heavy (non-hydrogen) atoms. The molecule has 2 heterocycles. The number of benzene rings is 2. The van der Waals surface area contributed by atoms with Gasteiger partial charge in [0.2, 0.25) is 0 Å². The van der Waals surface area contributed by atoms with E-state index >= 15 is 0 Å². The van der Waals surface area contributed by atoms with Gasteiger partial charge in [0, 0.05) is 40.5 Å². The second kappa shape index (κ2) is 8.07. The molecule has 0 aliphatic heterocycles. The molecule has 0 aliphatic carbocycles. The number of aromatic nitrogens is 2. The smallest absolute Gasteiger partial charge is 0.494 e. The van der Waals surface area contributed by atoms with Crippen LogP contribution in [-0.4, -0.2) is 21.0 Å². The number of ether oxygens (including phenoxy) is 1. The summed E-state index contributed by atoms with van der Waals surface area (Å²) in [6.07, 6.45) is 0.430. The number of rotatable bonds is 3. The minimum Gasteiger partial charge on any atom is -0.494 e. The molecule has 0 amide bonds. The monoisotopic (exact) mass is 422 g/mol. The van der Waals surface area contributed by atoms with Gasteiger partial charge >= 0.3 is 6.36 Å². The third kappa shape index (κ3) is 4.81. The van der Waals surface area contributed by atoms with Crippen LogP contribution >= 0.6 is 0 Å². The number of aryl methyl sites for hydroxylation is 1. The average Bonchev–Trinajstić information content (AvgIpc) is 3.03. The van der Waals surface area contributed by atoms with E-state index in [1.165, 1.54) is 24.3 Å². The van der Waals surface area contributed by atoms with E-state index in [-0.39, 0.29) is 11.6 Å². The van der Waals surface area contributed by atoms with Crippen LogP contribution in [-0.2, 0) is 6.54 Å². The normalized spacial score (nSPS) is 11.2. The van der Waals surface area contributed by atoms with Gasteiger partial charge in [-0.05, 0) is 54.4 Å². The number of nitrogens with zero attached hydrogens (tertiary/aromatic N) is 2. The van der Waals surface area contributed by atoms with Crippen LogP contribution in [0.4, 0.5) is 13.2 Å². The average molecular weight is 422 g/mol. The summed E-state index contributed by atoms with van der Waals surface area (Å²) in [4.78, 5) is 3.97. The second-order valence-corrected chi connectivity index (χ2v) is 7.02. The zero-order valence-electron chi connectivity index (χ0n) is 16.4. The molecular formula is C24H17F3N2O2. The molecular weight excluding hydrogens is 405 g/mol. The van der Waals surface area contributed by atoms with Crippen molar-refractivity contribution >= 4 is 10.8 Å². The maximum Gasteiger partial charge on any atom is 0.573 e. The third-order valence-electron chi connectivity index (χ3n) is 4.70. The van der Waals surface area contributed by atoms with Crippen molar-refractivity contribution in [3.63, 3.8) is 0 Å². The van der Waals surface area contributed by atoms with Crippen molar-refractivity contribution in [2.24, 2.45) is 0 Å². The molecule has 0 fully saturated rings. The number of alkyl halides is 3. The number of fused-ring (bicyclic) bond motifs is 1. The first-order valence-corrected chi connectivity index (χ1v) is 9.38. The van der Waals surface area contributed by atoms with Gasteiger partial charge in [0.1, 0.15) is 5.75 Å². The molecule has 4 rings (SSSR count). The number of aromatic hydroxyl groups is 1. The van der Waals surface area contributed by atoms with Crippen LogP contribution in [0.15, 0.2) is 67.1 Å². The minimum absolute atomic E-state index is 0.0942. The Morgan fingerprint density at radius 1 is 1.00 bits per heavy atom. The molecule has 1 N–H and O–H groups in total. The molecule has 0 saturated carbocycles. The summed E-state index contributed by atoms with van der Waals surface area (Å²) >= 11 is 0. The Morgan fingerprint density at radius 2 is 1.68 bits per heavy atom. The molecule has 0 atom stereocenters. The highest BCUT2D eigenvalue weighted by molar-refractivity contribution is 5.92. The van der Waals surface area contributed by atoms with Gasteiger partial charge in [-0.1, -0.05) is 24.0 Å². The molecule has 2 aromatic heterocycles. The van der Waals surface area contributed by atoms with E-state index in [0.29, 0.717) is 11.9 Å². The van der Waals surface area contributed by atoms with Crippen LogP contribution in [0.3, 0.4) is 0 Å². The summed E-state index contributed by atoms with van der Waals surface area (Å²) in [5.74, 6) is 6.02. The Balaban J connectivity index is 1.60. The van der Waals surface area contributed by atoms with Gasteiger partial charge in [0.05, 0.1) is 6.54 Å². The molecule has 0 saturated heterocycles. The highest BCUT2D eigenvalue weighted by Gasteiger charge is 2.30. The maximum atomic E-state index is 12.3. The second-order valence-electron chi connectivity index (χ2n) is 7.02. The van der Waals surface area contributed by atoms with Gasteiger partial charge in [-0.2, -0.15) is 0 Å². The lowest BCUT2D eigenvalue weighted by Crippen LogP contribution is -2.17. The molecule has 0 unspecified atom stereocenters. The summed E-state index contributed by atoms with van der Waals surface area (Å²) in [5.41, 5.74) is 3.26.